The number of anilines is 1. The summed E-state index contributed by atoms with van der Waals surface area (Å²) >= 11 is 0. The summed E-state index contributed by atoms with van der Waals surface area (Å²) in [5, 5.41) is 20.2. The second-order valence-corrected chi connectivity index (χ2v) is 4.53. The number of rotatable bonds is 4. The van der Waals surface area contributed by atoms with E-state index in [-0.39, 0.29) is 23.8 Å². The van der Waals surface area contributed by atoms with Crippen LogP contribution in [0, 0.1) is 10.1 Å². The second-order valence-electron chi connectivity index (χ2n) is 4.53. The number of nitrogens with zero attached hydrogens (tertiary/aromatic N) is 3. The maximum Gasteiger partial charge on any atom is 0.334 e. The minimum atomic E-state index is -0.675. The zero-order chi connectivity index (χ0) is 14.9. The molecule has 0 saturated carbocycles. The Morgan fingerprint density at radius 1 is 1.55 bits per heavy atom. The Kier molecular flexibility index (Phi) is 3.68. The molecule has 1 aliphatic heterocycles. The fourth-order valence-corrected chi connectivity index (χ4v) is 2.16. The Labute approximate surface area is 114 Å². The molecule has 20 heavy (non-hydrogen) atoms. The number of carbonyl (C=O) groups excluding carboxylic acids is 2. The molecule has 2 amide bonds. The van der Waals surface area contributed by atoms with Crippen molar-refractivity contribution in [1.29, 1.82) is 0 Å². The number of aryl methyl sites for hydroxylation is 2. The molecule has 1 fully saturated rings. The number of carbonyl (C=O) groups is 2. The van der Waals surface area contributed by atoms with Crippen LogP contribution in [-0.2, 0) is 23.1 Å². The van der Waals surface area contributed by atoms with Crippen molar-refractivity contribution < 1.29 is 14.5 Å². The molecule has 0 bridgehead atoms. The maximum atomic E-state index is 11.7. The summed E-state index contributed by atoms with van der Waals surface area (Å²) in [6, 6.07) is -0.675. The Hall–Kier alpha value is -2.45. The topological polar surface area (TPSA) is 119 Å². The fourth-order valence-electron chi connectivity index (χ4n) is 2.16. The molecule has 2 N–H and O–H groups in total. The number of hydrogen-bond donors (Lipinski definition) is 2. The van der Waals surface area contributed by atoms with E-state index in [0.29, 0.717) is 18.5 Å². The fraction of sp³-hybridized carbons (Fsp3) is 0.545. The predicted octanol–water partition coefficient (Wildman–Crippen LogP) is 0.108. The van der Waals surface area contributed by atoms with Crippen LogP contribution >= 0.6 is 0 Å². The predicted molar refractivity (Wildman–Crippen MR) is 69.0 cm³/mol. The van der Waals surface area contributed by atoms with Gasteiger partial charge in [-0.3, -0.25) is 25.0 Å². The summed E-state index contributed by atoms with van der Waals surface area (Å²) in [6.07, 6.45) is 0.922. The quantitative estimate of drug-likeness (QED) is 0.459. The van der Waals surface area contributed by atoms with Gasteiger partial charge in [0.2, 0.25) is 17.6 Å². The van der Waals surface area contributed by atoms with Gasteiger partial charge >= 0.3 is 5.69 Å². The number of hydrogen-bond acceptors (Lipinski definition) is 6. The zero-order valence-corrected chi connectivity index (χ0v) is 11.2. The van der Waals surface area contributed by atoms with E-state index in [1.165, 1.54) is 4.68 Å². The van der Waals surface area contributed by atoms with Crippen molar-refractivity contribution in [1.82, 2.24) is 15.1 Å². The van der Waals surface area contributed by atoms with Gasteiger partial charge in [0.05, 0.1) is 4.92 Å². The number of piperidine rings is 1. The van der Waals surface area contributed by atoms with Gasteiger partial charge in [0, 0.05) is 13.5 Å². The minimum absolute atomic E-state index is 0.125. The molecule has 1 aromatic rings. The van der Waals surface area contributed by atoms with Crippen molar-refractivity contribution in [3.8, 4) is 0 Å². The lowest BCUT2D eigenvalue weighted by atomic mass is 10.1. The molecule has 0 aliphatic carbocycles. The van der Waals surface area contributed by atoms with Crippen LogP contribution in [0.2, 0.25) is 0 Å². The highest BCUT2D eigenvalue weighted by Crippen LogP contribution is 2.29. The van der Waals surface area contributed by atoms with Crippen LogP contribution in [0.3, 0.4) is 0 Å². The third-order valence-corrected chi connectivity index (χ3v) is 3.16. The summed E-state index contributed by atoms with van der Waals surface area (Å²) in [4.78, 5) is 33.4. The van der Waals surface area contributed by atoms with E-state index in [4.69, 9.17) is 0 Å². The van der Waals surface area contributed by atoms with Gasteiger partial charge in [-0.1, -0.05) is 6.92 Å². The third-order valence-electron chi connectivity index (χ3n) is 3.16. The van der Waals surface area contributed by atoms with Crippen molar-refractivity contribution in [2.75, 3.05) is 5.32 Å². The van der Waals surface area contributed by atoms with E-state index in [1.807, 2.05) is 0 Å². The zero-order valence-electron chi connectivity index (χ0n) is 11.2. The maximum absolute atomic E-state index is 11.7. The smallest absolute Gasteiger partial charge is 0.334 e. The van der Waals surface area contributed by atoms with Crippen molar-refractivity contribution in [3.63, 3.8) is 0 Å². The summed E-state index contributed by atoms with van der Waals surface area (Å²) in [7, 11) is 1.57. The number of nitrogens with one attached hydrogen (secondary N) is 2. The Balaban J connectivity index is 2.29. The third kappa shape index (κ3) is 2.46. The Bertz CT molecular complexity index is 580. The highest BCUT2D eigenvalue weighted by molar-refractivity contribution is 6.01. The van der Waals surface area contributed by atoms with E-state index in [1.54, 1.807) is 14.0 Å². The monoisotopic (exact) mass is 281 g/mol. The van der Waals surface area contributed by atoms with Gasteiger partial charge in [-0.25, -0.2) is 4.68 Å². The molecule has 1 aromatic heterocycles. The molecule has 1 saturated heterocycles. The largest absolute Gasteiger partial charge is 0.353 e. The molecule has 0 aromatic carbocycles. The standard InChI is InChI=1S/C11H15N5O4/c1-3-6-9(16(19)20)10(15(2)14-6)12-7-4-5-8(17)13-11(7)18/h7,12H,3-5H2,1-2H3,(H,13,17,18). The number of nitro groups is 1. The highest BCUT2D eigenvalue weighted by atomic mass is 16.6. The average Bonchev–Trinajstić information content (AvgIpc) is 2.69. The van der Waals surface area contributed by atoms with Crippen molar-refractivity contribution in [3.05, 3.63) is 15.8 Å². The van der Waals surface area contributed by atoms with Gasteiger partial charge < -0.3 is 5.32 Å². The highest BCUT2D eigenvalue weighted by Gasteiger charge is 2.32. The lowest BCUT2D eigenvalue weighted by molar-refractivity contribution is -0.384. The molecular formula is C11H15N5O4. The van der Waals surface area contributed by atoms with Crippen LogP contribution in [0.4, 0.5) is 11.5 Å². The first-order chi connectivity index (χ1) is 9.43. The first kappa shape index (κ1) is 14.0. The van der Waals surface area contributed by atoms with E-state index in [2.05, 4.69) is 15.7 Å². The molecule has 0 spiro atoms. The van der Waals surface area contributed by atoms with Crippen molar-refractivity contribution in [2.45, 2.75) is 32.2 Å². The molecule has 1 aliphatic rings. The molecule has 2 rings (SSSR count). The van der Waals surface area contributed by atoms with Crippen molar-refractivity contribution >= 4 is 23.3 Å². The minimum Gasteiger partial charge on any atom is -0.353 e. The normalized spacial score (nSPS) is 18.8. The average molecular weight is 281 g/mol. The van der Waals surface area contributed by atoms with E-state index in [0.717, 1.165) is 0 Å². The van der Waals surface area contributed by atoms with Gasteiger partial charge in [0.1, 0.15) is 11.7 Å². The SMILES string of the molecule is CCc1nn(C)c(NC2CCC(=O)NC2=O)c1[N+](=O)[O-]. The summed E-state index contributed by atoms with van der Waals surface area (Å²) in [6.45, 7) is 1.77. The first-order valence-corrected chi connectivity index (χ1v) is 6.24. The van der Waals surface area contributed by atoms with Crippen LogP contribution < -0.4 is 10.6 Å². The van der Waals surface area contributed by atoms with Gasteiger partial charge in [-0.2, -0.15) is 5.10 Å². The van der Waals surface area contributed by atoms with Crippen LogP contribution in [0.5, 0.6) is 0 Å². The van der Waals surface area contributed by atoms with Crippen molar-refractivity contribution in [2.24, 2.45) is 7.05 Å². The molecule has 9 nitrogen and oxygen atoms in total. The van der Waals surface area contributed by atoms with Gasteiger partial charge in [0.15, 0.2) is 0 Å². The van der Waals surface area contributed by atoms with E-state index < -0.39 is 16.9 Å². The van der Waals surface area contributed by atoms with Crippen LogP contribution in [0.25, 0.3) is 0 Å². The van der Waals surface area contributed by atoms with Gasteiger partial charge in [-0.05, 0) is 12.8 Å². The van der Waals surface area contributed by atoms with Crippen LogP contribution in [0.1, 0.15) is 25.5 Å². The lowest BCUT2D eigenvalue weighted by Gasteiger charge is -2.22. The van der Waals surface area contributed by atoms with E-state index in [9.17, 15) is 19.7 Å². The number of aromatic nitrogens is 2. The van der Waals surface area contributed by atoms with E-state index >= 15 is 0 Å². The van der Waals surface area contributed by atoms with Gasteiger partial charge in [0.25, 0.3) is 0 Å². The Morgan fingerprint density at radius 2 is 2.25 bits per heavy atom. The Morgan fingerprint density at radius 3 is 2.80 bits per heavy atom. The first-order valence-electron chi connectivity index (χ1n) is 6.24. The van der Waals surface area contributed by atoms with Crippen LogP contribution in [0.15, 0.2) is 0 Å². The van der Waals surface area contributed by atoms with Crippen LogP contribution in [-0.4, -0.2) is 32.6 Å². The molecule has 1 atom stereocenters. The molecular weight excluding hydrogens is 266 g/mol. The lowest BCUT2D eigenvalue weighted by Crippen LogP contribution is -2.47. The molecule has 2 heterocycles. The number of imide groups is 1. The molecule has 108 valence electrons. The summed E-state index contributed by atoms with van der Waals surface area (Å²) < 4.78 is 1.35. The second kappa shape index (κ2) is 5.27. The summed E-state index contributed by atoms with van der Waals surface area (Å²) in [5.74, 6) is -0.627. The molecule has 0 radical (unpaired) electrons. The summed E-state index contributed by atoms with van der Waals surface area (Å²) in [5.41, 5.74) is 0.229. The number of amides is 2. The molecule has 9 heteroatoms. The molecule has 1 unspecified atom stereocenters. The van der Waals surface area contributed by atoms with Gasteiger partial charge in [-0.15, -0.1) is 0 Å².